The third-order valence-corrected chi connectivity index (χ3v) is 4.20. The van der Waals surface area contributed by atoms with Crippen LogP contribution >= 0.6 is 23.2 Å². The second kappa shape index (κ2) is 7.55. The number of nitrogens with one attached hydrogen (secondary N) is 1. The van der Waals surface area contributed by atoms with E-state index < -0.39 is 5.91 Å². The van der Waals surface area contributed by atoms with Gasteiger partial charge in [0.05, 0.1) is 17.3 Å². The van der Waals surface area contributed by atoms with Gasteiger partial charge in [-0.2, -0.15) is 0 Å². The SMILES string of the molecule is O=C(Nc1cc(Cl)ccc1Cl)c1cccn(Cc2ccccc2)c1=O. The Balaban J connectivity index is 1.87. The van der Waals surface area contributed by atoms with Crippen LogP contribution in [0.1, 0.15) is 15.9 Å². The first-order valence-electron chi connectivity index (χ1n) is 7.54. The first-order chi connectivity index (χ1) is 12.0. The zero-order valence-corrected chi connectivity index (χ0v) is 14.6. The topological polar surface area (TPSA) is 51.1 Å². The van der Waals surface area contributed by atoms with Gasteiger partial charge in [0.2, 0.25) is 0 Å². The summed E-state index contributed by atoms with van der Waals surface area (Å²) in [6.45, 7) is 0.388. The lowest BCUT2D eigenvalue weighted by Gasteiger charge is -2.10. The van der Waals surface area contributed by atoms with E-state index in [0.717, 1.165) is 5.56 Å². The number of rotatable bonds is 4. The number of amides is 1. The fourth-order valence-electron chi connectivity index (χ4n) is 2.40. The first kappa shape index (κ1) is 17.3. The third-order valence-electron chi connectivity index (χ3n) is 3.64. The quantitative estimate of drug-likeness (QED) is 0.734. The van der Waals surface area contributed by atoms with Gasteiger partial charge in [-0.1, -0.05) is 53.5 Å². The Morgan fingerprint density at radius 1 is 1.00 bits per heavy atom. The summed E-state index contributed by atoms with van der Waals surface area (Å²) in [5.41, 5.74) is 0.994. The molecule has 0 fully saturated rings. The molecular formula is C19H14Cl2N2O2. The average Bonchev–Trinajstić information content (AvgIpc) is 2.61. The molecule has 0 saturated carbocycles. The van der Waals surface area contributed by atoms with E-state index in [1.807, 2.05) is 30.3 Å². The van der Waals surface area contributed by atoms with E-state index in [2.05, 4.69) is 5.32 Å². The van der Waals surface area contributed by atoms with Gasteiger partial charge in [0.25, 0.3) is 11.5 Å². The number of benzene rings is 2. The van der Waals surface area contributed by atoms with Gasteiger partial charge in [0, 0.05) is 11.2 Å². The molecule has 1 heterocycles. The molecular weight excluding hydrogens is 359 g/mol. The number of hydrogen-bond acceptors (Lipinski definition) is 2. The van der Waals surface area contributed by atoms with Crippen molar-refractivity contribution in [2.45, 2.75) is 6.54 Å². The number of hydrogen-bond donors (Lipinski definition) is 1. The van der Waals surface area contributed by atoms with E-state index in [4.69, 9.17) is 23.2 Å². The van der Waals surface area contributed by atoms with E-state index in [1.165, 1.54) is 16.7 Å². The van der Waals surface area contributed by atoms with Crippen LogP contribution in [-0.4, -0.2) is 10.5 Å². The monoisotopic (exact) mass is 372 g/mol. The minimum atomic E-state index is -0.531. The predicted octanol–water partition coefficient (Wildman–Crippen LogP) is 4.46. The molecule has 6 heteroatoms. The summed E-state index contributed by atoms with van der Waals surface area (Å²) in [7, 11) is 0. The predicted molar refractivity (Wildman–Crippen MR) is 101 cm³/mol. The lowest BCUT2D eigenvalue weighted by atomic mass is 10.2. The van der Waals surface area contributed by atoms with Crippen LogP contribution < -0.4 is 10.9 Å². The summed E-state index contributed by atoms with van der Waals surface area (Å²) >= 11 is 12.0. The summed E-state index contributed by atoms with van der Waals surface area (Å²) < 4.78 is 1.49. The van der Waals surface area contributed by atoms with E-state index in [-0.39, 0.29) is 11.1 Å². The summed E-state index contributed by atoms with van der Waals surface area (Å²) in [6, 6.07) is 17.4. The summed E-state index contributed by atoms with van der Waals surface area (Å²) in [5, 5.41) is 3.42. The molecule has 3 aromatic rings. The zero-order valence-electron chi connectivity index (χ0n) is 13.1. The Morgan fingerprint density at radius 2 is 1.76 bits per heavy atom. The Labute approximate surface area is 154 Å². The van der Waals surface area contributed by atoms with Gasteiger partial charge in [-0.05, 0) is 35.9 Å². The van der Waals surface area contributed by atoms with Crippen molar-refractivity contribution in [2.75, 3.05) is 5.32 Å². The molecule has 3 rings (SSSR count). The minimum absolute atomic E-state index is 0.0365. The molecule has 0 radical (unpaired) electrons. The third kappa shape index (κ3) is 4.10. The van der Waals surface area contributed by atoms with Gasteiger partial charge in [-0.3, -0.25) is 9.59 Å². The van der Waals surface area contributed by atoms with Crippen LogP contribution in [0.25, 0.3) is 0 Å². The highest BCUT2D eigenvalue weighted by molar-refractivity contribution is 6.35. The molecule has 0 spiro atoms. The normalized spacial score (nSPS) is 10.5. The van der Waals surface area contributed by atoms with Gasteiger partial charge in [0.15, 0.2) is 0 Å². The number of pyridine rings is 1. The largest absolute Gasteiger partial charge is 0.320 e. The molecule has 0 aliphatic rings. The molecule has 0 aliphatic heterocycles. The van der Waals surface area contributed by atoms with Crippen molar-refractivity contribution < 1.29 is 4.79 Å². The van der Waals surface area contributed by atoms with Crippen molar-refractivity contribution in [3.63, 3.8) is 0 Å². The second-order valence-corrected chi connectivity index (χ2v) is 6.26. The number of halogens is 2. The summed E-state index contributed by atoms with van der Waals surface area (Å²) in [6.07, 6.45) is 1.65. The fraction of sp³-hybridized carbons (Fsp3) is 0.0526. The maximum absolute atomic E-state index is 12.6. The maximum atomic E-state index is 12.6. The molecule has 0 unspecified atom stereocenters. The Morgan fingerprint density at radius 3 is 2.52 bits per heavy atom. The summed E-state index contributed by atoms with van der Waals surface area (Å²) in [5.74, 6) is -0.531. The number of carbonyl (C=O) groups excluding carboxylic acids is 1. The maximum Gasteiger partial charge on any atom is 0.263 e. The van der Waals surface area contributed by atoms with Crippen molar-refractivity contribution in [1.29, 1.82) is 0 Å². The first-order valence-corrected chi connectivity index (χ1v) is 8.30. The van der Waals surface area contributed by atoms with Gasteiger partial charge < -0.3 is 9.88 Å². The summed E-state index contributed by atoms with van der Waals surface area (Å²) in [4.78, 5) is 25.1. The second-order valence-electron chi connectivity index (χ2n) is 5.42. The number of nitrogens with zero attached hydrogens (tertiary/aromatic N) is 1. The lowest BCUT2D eigenvalue weighted by Crippen LogP contribution is -2.29. The highest BCUT2D eigenvalue weighted by Gasteiger charge is 2.14. The zero-order chi connectivity index (χ0) is 17.8. The van der Waals surface area contributed by atoms with Crippen LogP contribution in [0.4, 0.5) is 5.69 Å². The van der Waals surface area contributed by atoms with Crippen LogP contribution in [-0.2, 0) is 6.54 Å². The van der Waals surface area contributed by atoms with Crippen LogP contribution in [0, 0.1) is 0 Å². The van der Waals surface area contributed by atoms with Gasteiger partial charge in [0.1, 0.15) is 5.56 Å². The van der Waals surface area contributed by atoms with Crippen molar-refractivity contribution in [1.82, 2.24) is 4.57 Å². The Bertz CT molecular complexity index is 969. The lowest BCUT2D eigenvalue weighted by molar-refractivity contribution is 0.102. The molecule has 4 nitrogen and oxygen atoms in total. The standard InChI is InChI=1S/C19H14Cl2N2O2/c20-14-8-9-16(21)17(11-14)22-18(24)15-7-4-10-23(19(15)25)12-13-5-2-1-3-6-13/h1-11H,12H2,(H,22,24). The van der Waals surface area contributed by atoms with E-state index in [9.17, 15) is 9.59 Å². The highest BCUT2D eigenvalue weighted by atomic mass is 35.5. The van der Waals surface area contributed by atoms with Crippen LogP contribution in [0.15, 0.2) is 71.7 Å². The fourth-order valence-corrected chi connectivity index (χ4v) is 2.73. The van der Waals surface area contributed by atoms with Crippen molar-refractivity contribution >= 4 is 34.8 Å². The van der Waals surface area contributed by atoms with Crippen LogP contribution in [0.2, 0.25) is 10.0 Å². The van der Waals surface area contributed by atoms with Gasteiger partial charge in [-0.25, -0.2) is 0 Å². The van der Waals surface area contributed by atoms with Gasteiger partial charge in [-0.15, -0.1) is 0 Å². The molecule has 0 saturated heterocycles. The molecule has 126 valence electrons. The molecule has 1 N–H and O–H groups in total. The number of aromatic nitrogens is 1. The van der Waals surface area contributed by atoms with E-state index in [1.54, 1.807) is 24.4 Å². The molecule has 1 aromatic heterocycles. The molecule has 0 aliphatic carbocycles. The molecule has 25 heavy (non-hydrogen) atoms. The smallest absolute Gasteiger partial charge is 0.263 e. The molecule has 0 atom stereocenters. The average molecular weight is 373 g/mol. The number of carbonyl (C=O) groups is 1. The Kier molecular flexibility index (Phi) is 5.22. The van der Waals surface area contributed by atoms with Crippen molar-refractivity contribution in [3.8, 4) is 0 Å². The van der Waals surface area contributed by atoms with E-state index in [0.29, 0.717) is 22.3 Å². The molecule has 0 bridgehead atoms. The van der Waals surface area contributed by atoms with Crippen LogP contribution in [0.5, 0.6) is 0 Å². The Hall–Kier alpha value is -2.56. The highest BCUT2D eigenvalue weighted by Crippen LogP contribution is 2.25. The van der Waals surface area contributed by atoms with Crippen molar-refractivity contribution in [2.24, 2.45) is 0 Å². The minimum Gasteiger partial charge on any atom is -0.320 e. The van der Waals surface area contributed by atoms with Crippen LogP contribution in [0.3, 0.4) is 0 Å². The van der Waals surface area contributed by atoms with Gasteiger partial charge >= 0.3 is 0 Å². The number of anilines is 1. The molecule has 2 aromatic carbocycles. The molecule has 1 amide bonds. The van der Waals surface area contributed by atoms with Crippen molar-refractivity contribution in [3.05, 3.63) is 98.4 Å². The van der Waals surface area contributed by atoms with E-state index >= 15 is 0 Å².